The molecule has 5 heteroatoms. The number of nitrogens with one attached hydrogen (secondary N) is 1. The van der Waals surface area contributed by atoms with Crippen molar-refractivity contribution < 1.29 is 14.3 Å². The molecule has 1 saturated heterocycles. The molecule has 1 fully saturated rings. The van der Waals surface area contributed by atoms with Crippen molar-refractivity contribution in [2.45, 2.75) is 18.9 Å². The smallest absolute Gasteiger partial charge is 0.317 e. The first-order chi connectivity index (χ1) is 12.2. The van der Waals surface area contributed by atoms with Gasteiger partial charge < -0.3 is 15.3 Å². The van der Waals surface area contributed by atoms with Crippen LogP contribution in [0.4, 0.5) is 9.18 Å². The molecule has 2 aromatic carbocycles. The number of nitrogens with zero attached hydrogens (tertiary/aromatic N) is 1. The fraction of sp³-hybridized carbons (Fsp3) is 0.350. The van der Waals surface area contributed by atoms with Crippen molar-refractivity contribution >= 4 is 6.03 Å². The number of hydrogen-bond donors (Lipinski definition) is 2. The van der Waals surface area contributed by atoms with E-state index in [9.17, 15) is 14.3 Å². The monoisotopic (exact) mass is 342 g/mol. The Bertz CT molecular complexity index is 708. The lowest BCUT2D eigenvalue weighted by molar-refractivity contribution is 0.194. The third-order valence-electron chi connectivity index (χ3n) is 4.69. The highest BCUT2D eigenvalue weighted by Gasteiger charge is 2.28. The Labute approximate surface area is 147 Å². The Kier molecular flexibility index (Phi) is 5.66. The number of aliphatic hydroxyl groups excluding tert-OH is 1. The average Bonchev–Trinajstić information content (AvgIpc) is 3.12. The summed E-state index contributed by atoms with van der Waals surface area (Å²) in [6.45, 7) is 1.24. The molecular formula is C20H23FN2O2. The molecule has 0 radical (unpaired) electrons. The van der Waals surface area contributed by atoms with Crippen LogP contribution in [0.5, 0.6) is 0 Å². The van der Waals surface area contributed by atoms with E-state index < -0.39 is 6.04 Å². The number of urea groups is 1. The molecule has 4 nitrogen and oxygen atoms in total. The number of carbonyl (C=O) groups is 1. The summed E-state index contributed by atoms with van der Waals surface area (Å²) < 4.78 is 14.3. The van der Waals surface area contributed by atoms with Crippen molar-refractivity contribution in [1.29, 1.82) is 0 Å². The maximum Gasteiger partial charge on any atom is 0.317 e. The van der Waals surface area contributed by atoms with Gasteiger partial charge in [0.25, 0.3) is 0 Å². The maximum atomic E-state index is 14.3. The topological polar surface area (TPSA) is 52.6 Å². The Balaban J connectivity index is 1.77. The maximum absolute atomic E-state index is 14.3. The van der Waals surface area contributed by atoms with E-state index in [2.05, 4.69) is 5.32 Å². The van der Waals surface area contributed by atoms with Gasteiger partial charge in [-0.2, -0.15) is 0 Å². The van der Waals surface area contributed by atoms with E-state index in [1.54, 1.807) is 23.1 Å². The second-order valence-electron chi connectivity index (χ2n) is 6.50. The zero-order valence-electron chi connectivity index (χ0n) is 14.1. The first-order valence-electron chi connectivity index (χ1n) is 8.62. The minimum absolute atomic E-state index is 0.0878. The molecule has 2 atom stereocenters. The van der Waals surface area contributed by atoms with Crippen LogP contribution in [0.15, 0.2) is 54.6 Å². The molecule has 2 amide bonds. The molecule has 0 bridgehead atoms. The van der Waals surface area contributed by atoms with Crippen molar-refractivity contribution in [3.05, 3.63) is 71.5 Å². The Hall–Kier alpha value is -2.40. The van der Waals surface area contributed by atoms with Gasteiger partial charge in [-0.05, 0) is 24.5 Å². The lowest BCUT2D eigenvalue weighted by Gasteiger charge is -2.24. The SMILES string of the molecule is O=C(N[C@H](Cc1ccccc1)c1ccccc1F)N1CC[C@H](CO)C1. The molecule has 0 aromatic heterocycles. The van der Waals surface area contributed by atoms with Crippen LogP contribution in [0.2, 0.25) is 0 Å². The van der Waals surface area contributed by atoms with Gasteiger partial charge in [-0.3, -0.25) is 0 Å². The molecule has 1 aliphatic heterocycles. The predicted octanol–water partition coefficient (Wildman–Crippen LogP) is 3.13. The Morgan fingerprint density at radius 3 is 2.60 bits per heavy atom. The predicted molar refractivity (Wildman–Crippen MR) is 94.6 cm³/mol. The molecule has 1 heterocycles. The molecule has 0 unspecified atom stereocenters. The van der Waals surface area contributed by atoms with Gasteiger partial charge >= 0.3 is 6.03 Å². The van der Waals surface area contributed by atoms with Crippen LogP contribution in [0.1, 0.15) is 23.6 Å². The number of likely N-dealkylation sites (tertiary alicyclic amines) is 1. The van der Waals surface area contributed by atoms with Crippen LogP contribution < -0.4 is 5.32 Å². The number of carbonyl (C=O) groups excluding carboxylic acids is 1. The van der Waals surface area contributed by atoms with Crippen molar-refractivity contribution in [2.75, 3.05) is 19.7 Å². The van der Waals surface area contributed by atoms with Crippen molar-refractivity contribution in [3.8, 4) is 0 Å². The number of halogens is 1. The zero-order chi connectivity index (χ0) is 17.6. The molecular weight excluding hydrogens is 319 g/mol. The summed E-state index contributed by atoms with van der Waals surface area (Å²) in [7, 11) is 0. The van der Waals surface area contributed by atoms with Crippen molar-refractivity contribution in [1.82, 2.24) is 10.2 Å². The van der Waals surface area contributed by atoms with Crippen LogP contribution >= 0.6 is 0 Å². The fourth-order valence-corrected chi connectivity index (χ4v) is 3.25. The number of rotatable bonds is 5. The summed E-state index contributed by atoms with van der Waals surface area (Å²) in [5, 5.41) is 12.2. The lowest BCUT2D eigenvalue weighted by Crippen LogP contribution is -2.41. The molecule has 1 aliphatic rings. The van der Waals surface area contributed by atoms with E-state index in [-0.39, 0.29) is 24.4 Å². The second kappa shape index (κ2) is 8.12. The van der Waals surface area contributed by atoms with E-state index in [1.165, 1.54) is 6.07 Å². The van der Waals surface area contributed by atoms with Crippen molar-refractivity contribution in [3.63, 3.8) is 0 Å². The van der Waals surface area contributed by atoms with E-state index in [0.29, 0.717) is 25.1 Å². The third-order valence-corrected chi connectivity index (χ3v) is 4.69. The molecule has 2 N–H and O–H groups in total. The van der Waals surface area contributed by atoms with Crippen molar-refractivity contribution in [2.24, 2.45) is 5.92 Å². The van der Waals surface area contributed by atoms with Gasteiger partial charge in [0.15, 0.2) is 0 Å². The van der Waals surface area contributed by atoms with E-state index in [1.807, 2.05) is 30.3 Å². The highest BCUT2D eigenvalue weighted by Crippen LogP contribution is 2.23. The first kappa shape index (κ1) is 17.4. The fourth-order valence-electron chi connectivity index (χ4n) is 3.25. The van der Waals surface area contributed by atoms with Crippen LogP contribution in [0.25, 0.3) is 0 Å². The standard InChI is InChI=1S/C20H23FN2O2/c21-18-9-5-4-8-17(18)19(12-15-6-2-1-3-7-15)22-20(25)23-11-10-16(13-23)14-24/h1-9,16,19,24H,10-14H2,(H,22,25)/t16-,19+/m0/s1. The van der Waals surface area contributed by atoms with Gasteiger partial charge in [0.1, 0.15) is 5.82 Å². The highest BCUT2D eigenvalue weighted by molar-refractivity contribution is 5.75. The minimum Gasteiger partial charge on any atom is -0.396 e. The zero-order valence-corrected chi connectivity index (χ0v) is 14.1. The number of aliphatic hydroxyl groups is 1. The summed E-state index contributed by atoms with van der Waals surface area (Å²) in [6, 6.07) is 15.6. The normalized spacial score (nSPS) is 18.2. The second-order valence-corrected chi connectivity index (χ2v) is 6.50. The Morgan fingerprint density at radius 2 is 1.92 bits per heavy atom. The van der Waals surface area contributed by atoms with Gasteiger partial charge in [-0.15, -0.1) is 0 Å². The van der Waals surface area contributed by atoms with Gasteiger partial charge in [-0.25, -0.2) is 9.18 Å². The quantitative estimate of drug-likeness (QED) is 0.877. The van der Waals surface area contributed by atoms with Gasteiger partial charge in [0.2, 0.25) is 0 Å². The molecule has 3 rings (SSSR count). The number of hydrogen-bond acceptors (Lipinski definition) is 2. The molecule has 0 saturated carbocycles. The minimum atomic E-state index is -0.440. The lowest BCUT2D eigenvalue weighted by atomic mass is 9.98. The molecule has 25 heavy (non-hydrogen) atoms. The Morgan fingerprint density at radius 1 is 1.20 bits per heavy atom. The van der Waals surface area contributed by atoms with Crippen LogP contribution in [-0.2, 0) is 6.42 Å². The summed E-state index contributed by atoms with van der Waals surface area (Å²) in [5.74, 6) is -0.190. The highest BCUT2D eigenvalue weighted by atomic mass is 19.1. The third kappa shape index (κ3) is 4.37. The summed E-state index contributed by atoms with van der Waals surface area (Å²) in [5.41, 5.74) is 1.52. The van der Waals surface area contributed by atoms with Crippen LogP contribution in [-0.4, -0.2) is 35.7 Å². The summed E-state index contributed by atoms with van der Waals surface area (Å²) in [4.78, 5) is 14.3. The number of benzene rings is 2. The first-order valence-corrected chi connectivity index (χ1v) is 8.62. The average molecular weight is 342 g/mol. The summed E-state index contributed by atoms with van der Waals surface area (Å²) in [6.07, 6.45) is 1.32. The van der Waals surface area contributed by atoms with E-state index >= 15 is 0 Å². The molecule has 2 aromatic rings. The molecule has 0 aliphatic carbocycles. The molecule has 132 valence electrons. The summed E-state index contributed by atoms with van der Waals surface area (Å²) >= 11 is 0. The van der Waals surface area contributed by atoms with E-state index in [0.717, 1.165) is 12.0 Å². The van der Waals surface area contributed by atoms with Crippen LogP contribution in [0.3, 0.4) is 0 Å². The van der Waals surface area contributed by atoms with Gasteiger partial charge in [0.05, 0.1) is 6.04 Å². The van der Waals surface area contributed by atoms with Crippen LogP contribution in [0, 0.1) is 11.7 Å². The largest absolute Gasteiger partial charge is 0.396 e. The van der Waals surface area contributed by atoms with E-state index in [4.69, 9.17) is 0 Å². The number of amides is 2. The van der Waals surface area contributed by atoms with Gasteiger partial charge in [-0.1, -0.05) is 48.5 Å². The molecule has 0 spiro atoms. The van der Waals surface area contributed by atoms with Gasteiger partial charge in [0, 0.05) is 31.2 Å².